The van der Waals surface area contributed by atoms with Crippen LogP contribution in [-0.4, -0.2) is 9.13 Å². The van der Waals surface area contributed by atoms with Gasteiger partial charge in [0, 0.05) is 26.8 Å². The zero-order chi connectivity index (χ0) is 15.6. The van der Waals surface area contributed by atoms with Crippen LogP contribution in [0.1, 0.15) is 5.56 Å². The standard InChI is InChI=1S/C13H10BrClN2O3S/c14-9-1-3-11(16)13(6-9)21(20)7-8-5-10(15)2-4-12(8)17(18)19/h1-6H,7,16H2. The molecule has 8 heteroatoms. The molecule has 2 N–H and O–H groups in total. The molecule has 0 bridgehead atoms. The summed E-state index contributed by atoms with van der Waals surface area (Å²) in [6.07, 6.45) is 0. The van der Waals surface area contributed by atoms with Crippen molar-refractivity contribution in [2.45, 2.75) is 10.6 Å². The Morgan fingerprint density at radius 1 is 1.29 bits per heavy atom. The molecule has 0 saturated heterocycles. The first-order valence-electron chi connectivity index (χ1n) is 5.74. The van der Waals surface area contributed by atoms with Crippen LogP contribution in [0.4, 0.5) is 11.4 Å². The number of nitrogens with zero attached hydrogens (tertiary/aromatic N) is 1. The van der Waals surface area contributed by atoms with E-state index in [1.165, 1.54) is 18.2 Å². The summed E-state index contributed by atoms with van der Waals surface area (Å²) >= 11 is 9.13. The molecular formula is C13H10BrClN2O3S. The van der Waals surface area contributed by atoms with Crippen molar-refractivity contribution in [3.63, 3.8) is 0 Å². The molecule has 21 heavy (non-hydrogen) atoms. The number of hydrogen-bond acceptors (Lipinski definition) is 4. The summed E-state index contributed by atoms with van der Waals surface area (Å²) in [4.78, 5) is 10.9. The summed E-state index contributed by atoms with van der Waals surface area (Å²) in [7, 11) is -1.51. The Morgan fingerprint density at radius 3 is 2.67 bits per heavy atom. The highest BCUT2D eigenvalue weighted by Gasteiger charge is 2.18. The molecule has 1 atom stereocenters. The number of nitro benzene ring substituents is 1. The van der Waals surface area contributed by atoms with E-state index in [1.807, 2.05) is 0 Å². The van der Waals surface area contributed by atoms with Crippen LogP contribution in [0.5, 0.6) is 0 Å². The number of benzene rings is 2. The number of nitrogen functional groups attached to an aromatic ring is 1. The van der Waals surface area contributed by atoms with Crippen LogP contribution >= 0.6 is 27.5 Å². The van der Waals surface area contributed by atoms with Gasteiger partial charge in [-0.15, -0.1) is 0 Å². The zero-order valence-corrected chi connectivity index (χ0v) is 13.7. The van der Waals surface area contributed by atoms with Crippen molar-refractivity contribution in [2.75, 3.05) is 5.73 Å². The topological polar surface area (TPSA) is 86.2 Å². The first-order valence-corrected chi connectivity index (χ1v) is 8.23. The molecule has 2 aromatic rings. The highest BCUT2D eigenvalue weighted by molar-refractivity contribution is 9.10. The number of anilines is 1. The average Bonchev–Trinajstić information content (AvgIpc) is 2.41. The van der Waals surface area contributed by atoms with Gasteiger partial charge < -0.3 is 5.73 Å². The van der Waals surface area contributed by atoms with Gasteiger partial charge in [-0.1, -0.05) is 27.5 Å². The molecule has 0 aliphatic carbocycles. The minimum Gasteiger partial charge on any atom is -0.398 e. The van der Waals surface area contributed by atoms with Gasteiger partial charge in [-0.2, -0.15) is 0 Å². The first-order chi connectivity index (χ1) is 9.88. The van der Waals surface area contributed by atoms with Crippen LogP contribution in [0.25, 0.3) is 0 Å². The molecule has 5 nitrogen and oxygen atoms in total. The molecule has 0 aliphatic rings. The van der Waals surface area contributed by atoms with E-state index < -0.39 is 15.7 Å². The van der Waals surface area contributed by atoms with E-state index in [-0.39, 0.29) is 11.4 Å². The van der Waals surface area contributed by atoms with E-state index in [0.29, 0.717) is 21.2 Å². The monoisotopic (exact) mass is 388 g/mol. The van der Waals surface area contributed by atoms with E-state index in [9.17, 15) is 14.3 Å². The number of nitrogens with two attached hydrogens (primary N) is 1. The minimum atomic E-state index is -1.51. The Bertz CT molecular complexity index is 739. The van der Waals surface area contributed by atoms with Gasteiger partial charge in [-0.05, 0) is 30.3 Å². The van der Waals surface area contributed by atoms with Gasteiger partial charge in [0.2, 0.25) is 0 Å². The van der Waals surface area contributed by atoms with Crippen LogP contribution in [0.3, 0.4) is 0 Å². The largest absolute Gasteiger partial charge is 0.398 e. The lowest BCUT2D eigenvalue weighted by molar-refractivity contribution is -0.385. The van der Waals surface area contributed by atoms with Gasteiger partial charge >= 0.3 is 0 Å². The van der Waals surface area contributed by atoms with Gasteiger partial charge in [-0.3, -0.25) is 14.3 Å². The summed E-state index contributed by atoms with van der Waals surface area (Å²) in [5.74, 6) is -0.0302. The molecule has 1 unspecified atom stereocenters. The number of hydrogen-bond donors (Lipinski definition) is 1. The average molecular weight is 390 g/mol. The van der Waals surface area contributed by atoms with Crippen molar-refractivity contribution in [2.24, 2.45) is 0 Å². The Balaban J connectivity index is 2.38. The van der Waals surface area contributed by atoms with E-state index in [2.05, 4.69) is 15.9 Å². The van der Waals surface area contributed by atoms with Crippen LogP contribution in [-0.2, 0) is 16.6 Å². The molecule has 0 amide bonds. The first kappa shape index (κ1) is 15.9. The van der Waals surface area contributed by atoms with E-state index in [0.717, 1.165) is 4.47 Å². The smallest absolute Gasteiger partial charge is 0.273 e. The zero-order valence-electron chi connectivity index (χ0n) is 10.6. The second kappa shape index (κ2) is 6.55. The molecule has 110 valence electrons. The number of halogens is 2. The maximum Gasteiger partial charge on any atom is 0.273 e. The molecule has 0 aliphatic heterocycles. The molecule has 0 heterocycles. The van der Waals surface area contributed by atoms with Gasteiger partial charge in [0.15, 0.2) is 0 Å². The molecule has 0 aromatic heterocycles. The summed E-state index contributed by atoms with van der Waals surface area (Å²) in [6.45, 7) is 0. The second-order valence-corrected chi connectivity index (χ2v) is 6.97. The lowest BCUT2D eigenvalue weighted by atomic mass is 10.2. The Morgan fingerprint density at radius 2 is 2.00 bits per heavy atom. The maximum atomic E-state index is 12.4. The van der Waals surface area contributed by atoms with Crippen molar-refractivity contribution in [3.05, 3.63) is 61.6 Å². The minimum absolute atomic E-state index is 0.0302. The Labute approximate surface area is 136 Å². The fourth-order valence-corrected chi connectivity index (χ4v) is 3.74. The second-order valence-electron chi connectivity index (χ2n) is 4.20. The third-order valence-corrected chi connectivity index (χ3v) is 4.89. The molecule has 0 saturated carbocycles. The van der Waals surface area contributed by atoms with E-state index in [1.54, 1.807) is 18.2 Å². The molecule has 0 radical (unpaired) electrons. The van der Waals surface area contributed by atoms with E-state index >= 15 is 0 Å². The van der Waals surface area contributed by atoms with Gasteiger partial charge in [-0.25, -0.2) is 0 Å². The maximum absolute atomic E-state index is 12.4. The van der Waals surface area contributed by atoms with Gasteiger partial charge in [0.25, 0.3) is 5.69 Å². The van der Waals surface area contributed by atoms with Crippen molar-refractivity contribution >= 4 is 49.7 Å². The summed E-state index contributed by atoms with van der Waals surface area (Å²) < 4.78 is 13.2. The van der Waals surface area contributed by atoms with Crippen LogP contribution in [0.2, 0.25) is 5.02 Å². The molecule has 0 spiro atoms. The lowest BCUT2D eigenvalue weighted by Crippen LogP contribution is -2.03. The van der Waals surface area contributed by atoms with Gasteiger partial charge in [0.05, 0.1) is 26.4 Å². The van der Waals surface area contributed by atoms with Gasteiger partial charge in [0.1, 0.15) is 0 Å². The predicted octanol–water partition coefficient (Wildman–Crippen LogP) is 3.90. The molecular weight excluding hydrogens is 380 g/mol. The third-order valence-electron chi connectivity index (χ3n) is 2.75. The number of nitro groups is 1. The van der Waals surface area contributed by atoms with Crippen molar-refractivity contribution in [3.8, 4) is 0 Å². The lowest BCUT2D eigenvalue weighted by Gasteiger charge is -2.07. The SMILES string of the molecule is Nc1ccc(Br)cc1S(=O)Cc1cc(Cl)ccc1[N+](=O)[O-]. The normalized spacial score (nSPS) is 12.1. The molecule has 2 aromatic carbocycles. The van der Waals surface area contributed by atoms with Crippen LogP contribution in [0, 0.1) is 10.1 Å². The van der Waals surface area contributed by atoms with Crippen LogP contribution < -0.4 is 5.73 Å². The summed E-state index contributed by atoms with van der Waals surface area (Å²) in [5.41, 5.74) is 6.37. The fraction of sp³-hybridized carbons (Fsp3) is 0.0769. The fourth-order valence-electron chi connectivity index (χ4n) is 1.77. The van der Waals surface area contributed by atoms with E-state index in [4.69, 9.17) is 17.3 Å². The van der Waals surface area contributed by atoms with Crippen molar-refractivity contribution < 1.29 is 9.13 Å². The van der Waals surface area contributed by atoms with Crippen LogP contribution in [0.15, 0.2) is 45.8 Å². The quantitative estimate of drug-likeness (QED) is 0.488. The van der Waals surface area contributed by atoms with Crippen molar-refractivity contribution in [1.82, 2.24) is 0 Å². The Hall–Kier alpha value is -1.44. The highest BCUT2D eigenvalue weighted by Crippen LogP contribution is 2.28. The molecule has 2 rings (SSSR count). The summed E-state index contributed by atoms with van der Waals surface area (Å²) in [6, 6.07) is 9.19. The summed E-state index contributed by atoms with van der Waals surface area (Å²) in [5, 5.41) is 11.4. The number of rotatable bonds is 4. The Kier molecular flexibility index (Phi) is 4.97. The predicted molar refractivity (Wildman–Crippen MR) is 86.8 cm³/mol. The highest BCUT2D eigenvalue weighted by atomic mass is 79.9. The third kappa shape index (κ3) is 3.81. The molecule has 0 fully saturated rings. The van der Waals surface area contributed by atoms with Crippen molar-refractivity contribution in [1.29, 1.82) is 0 Å².